The number of amides is 1. The monoisotopic (exact) mass is 376 g/mol. The summed E-state index contributed by atoms with van der Waals surface area (Å²) in [5, 5.41) is 20.8. The van der Waals surface area contributed by atoms with E-state index in [2.05, 4.69) is 0 Å². The molecule has 2 fully saturated rings. The number of methoxy groups -OCH3 is 1. The van der Waals surface area contributed by atoms with Crippen LogP contribution >= 0.6 is 0 Å². The number of aliphatic hydroxyl groups is 2. The summed E-state index contributed by atoms with van der Waals surface area (Å²) in [6, 6.07) is 7.69. The topological polar surface area (TPSA) is 73.2 Å². The lowest BCUT2D eigenvalue weighted by Gasteiger charge is -2.45. The molecule has 1 aromatic carbocycles. The lowest BCUT2D eigenvalue weighted by Crippen LogP contribution is -2.59. The van der Waals surface area contributed by atoms with Gasteiger partial charge in [0.15, 0.2) is 5.60 Å². The van der Waals surface area contributed by atoms with Crippen molar-refractivity contribution in [3.05, 3.63) is 29.8 Å². The summed E-state index contributed by atoms with van der Waals surface area (Å²) in [6.45, 7) is 2.33. The van der Waals surface area contributed by atoms with E-state index < -0.39 is 5.60 Å². The molecule has 2 N–H and O–H groups in total. The first-order chi connectivity index (χ1) is 12.9. The number of ether oxygens (including phenoxy) is 1. The standard InChI is InChI=1S/C21H32N2O4/c1-22(14-20(16-24)8-4-9-20)15-21(26)10-5-11-23(19(21)25)13-17-6-3-7-18(12-17)27-2/h3,6-7,12,24,26H,4-5,8-11,13-16H2,1-2H3/t21-/m0/s1. The van der Waals surface area contributed by atoms with Crippen molar-refractivity contribution in [2.75, 3.05) is 40.4 Å². The zero-order valence-corrected chi connectivity index (χ0v) is 16.5. The largest absolute Gasteiger partial charge is 0.497 e. The zero-order chi connectivity index (χ0) is 19.5. The fourth-order valence-electron chi connectivity index (χ4n) is 4.47. The maximum absolute atomic E-state index is 13.0. The molecule has 0 bridgehead atoms. The van der Waals surface area contributed by atoms with Crippen LogP contribution < -0.4 is 4.74 Å². The summed E-state index contributed by atoms with van der Waals surface area (Å²) < 4.78 is 5.26. The number of carbonyl (C=O) groups excluding carboxylic acids is 1. The molecule has 6 nitrogen and oxygen atoms in total. The van der Waals surface area contributed by atoms with Crippen LogP contribution in [0, 0.1) is 5.41 Å². The summed E-state index contributed by atoms with van der Waals surface area (Å²) in [5.74, 6) is 0.567. The van der Waals surface area contributed by atoms with Crippen molar-refractivity contribution >= 4 is 5.91 Å². The van der Waals surface area contributed by atoms with Gasteiger partial charge in [0.25, 0.3) is 5.91 Å². The van der Waals surface area contributed by atoms with Crippen LogP contribution in [0.4, 0.5) is 0 Å². The van der Waals surface area contributed by atoms with E-state index in [4.69, 9.17) is 4.74 Å². The second-order valence-electron chi connectivity index (χ2n) is 8.40. The molecule has 1 amide bonds. The third-order valence-electron chi connectivity index (χ3n) is 6.10. The molecule has 1 saturated carbocycles. The maximum atomic E-state index is 13.0. The van der Waals surface area contributed by atoms with Crippen LogP contribution in [0.3, 0.4) is 0 Å². The second kappa shape index (κ2) is 8.17. The summed E-state index contributed by atoms with van der Waals surface area (Å²) in [6.07, 6.45) is 4.44. The summed E-state index contributed by atoms with van der Waals surface area (Å²) in [4.78, 5) is 16.8. The van der Waals surface area contributed by atoms with Crippen molar-refractivity contribution in [3.8, 4) is 5.75 Å². The van der Waals surface area contributed by atoms with E-state index in [9.17, 15) is 15.0 Å². The molecule has 3 rings (SSSR count). The van der Waals surface area contributed by atoms with E-state index in [1.807, 2.05) is 36.2 Å². The highest BCUT2D eigenvalue weighted by Crippen LogP contribution is 2.41. The minimum Gasteiger partial charge on any atom is -0.497 e. The van der Waals surface area contributed by atoms with Crippen LogP contribution in [0.15, 0.2) is 24.3 Å². The number of hydrogen-bond donors (Lipinski definition) is 2. The number of likely N-dealkylation sites (N-methyl/N-ethyl adjacent to an activating group) is 1. The van der Waals surface area contributed by atoms with E-state index in [0.29, 0.717) is 26.1 Å². The van der Waals surface area contributed by atoms with Gasteiger partial charge in [-0.25, -0.2) is 0 Å². The molecule has 150 valence electrons. The first-order valence-corrected chi connectivity index (χ1v) is 9.84. The molecule has 0 spiro atoms. The number of nitrogens with zero attached hydrogens (tertiary/aromatic N) is 2. The van der Waals surface area contributed by atoms with E-state index in [1.54, 1.807) is 12.0 Å². The van der Waals surface area contributed by atoms with Gasteiger partial charge in [0, 0.05) is 38.2 Å². The Morgan fingerprint density at radius 2 is 2.00 bits per heavy atom. The Kier molecular flexibility index (Phi) is 6.08. The van der Waals surface area contributed by atoms with E-state index >= 15 is 0 Å². The van der Waals surface area contributed by atoms with Gasteiger partial charge in [0.1, 0.15) is 5.75 Å². The smallest absolute Gasteiger partial charge is 0.256 e. The average molecular weight is 376 g/mol. The zero-order valence-electron chi connectivity index (χ0n) is 16.5. The Morgan fingerprint density at radius 1 is 1.22 bits per heavy atom. The van der Waals surface area contributed by atoms with Crippen molar-refractivity contribution in [2.24, 2.45) is 5.41 Å². The van der Waals surface area contributed by atoms with Gasteiger partial charge in [-0.3, -0.25) is 4.79 Å². The summed E-state index contributed by atoms with van der Waals surface area (Å²) >= 11 is 0. The average Bonchev–Trinajstić information content (AvgIpc) is 2.62. The van der Waals surface area contributed by atoms with Crippen molar-refractivity contribution in [1.82, 2.24) is 9.80 Å². The predicted octanol–water partition coefficient (Wildman–Crippen LogP) is 1.64. The highest BCUT2D eigenvalue weighted by Gasteiger charge is 2.44. The molecule has 1 saturated heterocycles. The fourth-order valence-corrected chi connectivity index (χ4v) is 4.47. The van der Waals surface area contributed by atoms with Gasteiger partial charge in [-0.1, -0.05) is 18.6 Å². The number of hydrogen-bond acceptors (Lipinski definition) is 5. The molecular formula is C21H32N2O4. The van der Waals surface area contributed by atoms with Crippen LogP contribution in [-0.4, -0.2) is 71.9 Å². The molecule has 1 aromatic rings. The van der Waals surface area contributed by atoms with Crippen molar-refractivity contribution in [1.29, 1.82) is 0 Å². The molecule has 1 aliphatic heterocycles. The third kappa shape index (κ3) is 4.45. The third-order valence-corrected chi connectivity index (χ3v) is 6.10. The highest BCUT2D eigenvalue weighted by atomic mass is 16.5. The van der Waals surface area contributed by atoms with E-state index in [-0.39, 0.29) is 17.9 Å². The van der Waals surface area contributed by atoms with E-state index in [0.717, 1.165) is 43.5 Å². The SMILES string of the molecule is COc1cccc(CN2CCC[C@](O)(CN(C)CC3(CO)CCC3)C2=O)c1. The molecule has 27 heavy (non-hydrogen) atoms. The minimum atomic E-state index is -1.35. The highest BCUT2D eigenvalue weighted by molar-refractivity contribution is 5.86. The van der Waals surface area contributed by atoms with Gasteiger partial charge in [-0.2, -0.15) is 0 Å². The summed E-state index contributed by atoms with van der Waals surface area (Å²) in [7, 11) is 3.56. The number of carbonyl (C=O) groups is 1. The summed E-state index contributed by atoms with van der Waals surface area (Å²) in [5.41, 5.74) is -0.413. The van der Waals surface area contributed by atoms with Crippen LogP contribution in [0.2, 0.25) is 0 Å². The molecule has 1 aliphatic carbocycles. The lowest BCUT2D eigenvalue weighted by molar-refractivity contribution is -0.160. The Morgan fingerprint density at radius 3 is 2.63 bits per heavy atom. The van der Waals surface area contributed by atoms with Crippen molar-refractivity contribution in [2.45, 2.75) is 44.2 Å². The van der Waals surface area contributed by atoms with Gasteiger partial charge in [0.2, 0.25) is 0 Å². The fraction of sp³-hybridized carbons (Fsp3) is 0.667. The van der Waals surface area contributed by atoms with Gasteiger partial charge in [0.05, 0.1) is 7.11 Å². The molecule has 0 unspecified atom stereocenters. The predicted molar refractivity (Wildman–Crippen MR) is 103 cm³/mol. The lowest BCUT2D eigenvalue weighted by atomic mass is 9.69. The molecule has 2 aliphatic rings. The van der Waals surface area contributed by atoms with Crippen molar-refractivity contribution in [3.63, 3.8) is 0 Å². The van der Waals surface area contributed by atoms with Gasteiger partial charge < -0.3 is 24.7 Å². The molecule has 1 atom stereocenters. The van der Waals surface area contributed by atoms with E-state index in [1.165, 1.54) is 0 Å². The van der Waals surface area contributed by atoms with Crippen molar-refractivity contribution < 1.29 is 19.7 Å². The Labute approximate surface area is 161 Å². The Hall–Kier alpha value is -1.63. The molecule has 0 radical (unpaired) electrons. The molecular weight excluding hydrogens is 344 g/mol. The number of piperidine rings is 1. The van der Waals surface area contributed by atoms with Crippen LogP contribution in [0.5, 0.6) is 5.75 Å². The molecule has 0 aromatic heterocycles. The first-order valence-electron chi connectivity index (χ1n) is 9.84. The minimum absolute atomic E-state index is 0.0525. The first kappa shape index (κ1) is 20.1. The maximum Gasteiger partial charge on any atom is 0.256 e. The van der Waals surface area contributed by atoms with Gasteiger partial charge in [-0.15, -0.1) is 0 Å². The van der Waals surface area contributed by atoms with Crippen LogP contribution in [0.1, 0.15) is 37.7 Å². The molecule has 6 heteroatoms. The Balaban J connectivity index is 1.63. The molecule has 1 heterocycles. The second-order valence-corrected chi connectivity index (χ2v) is 8.40. The number of benzene rings is 1. The van der Waals surface area contributed by atoms with Gasteiger partial charge in [-0.05, 0) is 50.4 Å². The van der Waals surface area contributed by atoms with Gasteiger partial charge >= 0.3 is 0 Å². The normalized spacial score (nSPS) is 24.8. The van der Waals surface area contributed by atoms with Crippen LogP contribution in [-0.2, 0) is 11.3 Å². The Bertz CT molecular complexity index is 656. The van der Waals surface area contributed by atoms with Crippen LogP contribution in [0.25, 0.3) is 0 Å². The number of likely N-dealkylation sites (tertiary alicyclic amines) is 1. The quantitative estimate of drug-likeness (QED) is 0.722. The number of aliphatic hydroxyl groups excluding tert-OH is 1. The number of rotatable bonds is 8.